The van der Waals surface area contributed by atoms with Crippen molar-refractivity contribution in [1.29, 1.82) is 0 Å². The summed E-state index contributed by atoms with van der Waals surface area (Å²) < 4.78 is 46.0. The van der Waals surface area contributed by atoms with Crippen molar-refractivity contribution in [3.8, 4) is 16.9 Å². The molecule has 0 saturated heterocycles. The third kappa shape index (κ3) is 5.31. The summed E-state index contributed by atoms with van der Waals surface area (Å²) in [5, 5.41) is 11.8. The van der Waals surface area contributed by atoms with Gasteiger partial charge < -0.3 is 19.9 Å². The van der Waals surface area contributed by atoms with E-state index in [9.17, 15) is 27.9 Å². The van der Waals surface area contributed by atoms with Crippen LogP contribution in [0, 0.1) is 0 Å². The van der Waals surface area contributed by atoms with E-state index < -0.39 is 30.2 Å². The Morgan fingerprint density at radius 3 is 2.00 bits per heavy atom. The van der Waals surface area contributed by atoms with Gasteiger partial charge in [0, 0.05) is 12.3 Å². The minimum atomic E-state index is -4.82. The van der Waals surface area contributed by atoms with Crippen molar-refractivity contribution in [3.05, 3.63) is 89.5 Å². The van der Waals surface area contributed by atoms with Gasteiger partial charge in [0.15, 0.2) is 0 Å². The molecule has 176 valence electrons. The average molecular weight is 471 g/mol. The van der Waals surface area contributed by atoms with Gasteiger partial charge in [-0.3, -0.25) is 0 Å². The van der Waals surface area contributed by atoms with Crippen LogP contribution < -0.4 is 10.1 Å². The number of amides is 1. The molecule has 4 rings (SSSR count). The van der Waals surface area contributed by atoms with E-state index in [1.54, 1.807) is 0 Å². The first-order chi connectivity index (χ1) is 16.2. The number of halogens is 3. The summed E-state index contributed by atoms with van der Waals surface area (Å²) in [6.45, 7) is 0.0235. The number of benzene rings is 3. The number of hydrogen-bond donors (Lipinski definition) is 2. The van der Waals surface area contributed by atoms with Crippen LogP contribution in [0.4, 0.5) is 18.0 Å². The largest absolute Gasteiger partial charge is 0.573 e. The molecular formula is C25H20F3NO5. The molecule has 1 aliphatic carbocycles. The van der Waals surface area contributed by atoms with E-state index in [2.05, 4.69) is 10.1 Å². The first-order valence-electron chi connectivity index (χ1n) is 10.4. The highest BCUT2D eigenvalue weighted by Crippen LogP contribution is 2.44. The summed E-state index contributed by atoms with van der Waals surface area (Å²) in [5.41, 5.74) is 4.57. The number of carboxylic acids is 1. The molecule has 3 aromatic carbocycles. The van der Waals surface area contributed by atoms with E-state index in [0.717, 1.165) is 34.4 Å². The number of fused-ring (bicyclic) bond motifs is 3. The summed E-state index contributed by atoms with van der Waals surface area (Å²) in [6.07, 6.45) is -5.87. The van der Waals surface area contributed by atoms with E-state index in [1.165, 1.54) is 12.1 Å². The van der Waals surface area contributed by atoms with Crippen LogP contribution in [0.1, 0.15) is 22.6 Å². The smallest absolute Gasteiger partial charge is 0.480 e. The molecule has 0 radical (unpaired) electrons. The molecular weight excluding hydrogens is 451 g/mol. The Morgan fingerprint density at radius 1 is 0.912 bits per heavy atom. The molecule has 0 saturated carbocycles. The SMILES string of the molecule is O=C(N[C@@H](Cc1ccc(OC(F)(F)F)cc1)C(=O)O)OCC1c2ccccc2-c2ccccc21. The molecule has 9 heteroatoms. The molecule has 0 unspecified atom stereocenters. The maximum absolute atomic E-state index is 12.4. The highest BCUT2D eigenvalue weighted by atomic mass is 19.4. The lowest BCUT2D eigenvalue weighted by Gasteiger charge is -2.18. The third-order valence-corrected chi connectivity index (χ3v) is 5.53. The van der Waals surface area contributed by atoms with Crippen molar-refractivity contribution in [2.24, 2.45) is 0 Å². The van der Waals surface area contributed by atoms with Crippen LogP contribution in [-0.2, 0) is 16.0 Å². The molecule has 0 heterocycles. The Hall–Kier alpha value is -4.01. The van der Waals surface area contributed by atoms with E-state index in [4.69, 9.17) is 4.74 Å². The Morgan fingerprint density at radius 2 is 1.47 bits per heavy atom. The fraction of sp³-hybridized carbons (Fsp3) is 0.200. The number of nitrogens with one attached hydrogen (secondary N) is 1. The van der Waals surface area contributed by atoms with Crippen molar-refractivity contribution >= 4 is 12.1 Å². The number of alkyl halides is 3. The summed E-state index contributed by atoms with van der Waals surface area (Å²) in [7, 11) is 0. The number of carbonyl (C=O) groups excluding carboxylic acids is 1. The van der Waals surface area contributed by atoms with Gasteiger partial charge in [-0.25, -0.2) is 9.59 Å². The molecule has 34 heavy (non-hydrogen) atoms. The zero-order valence-corrected chi connectivity index (χ0v) is 17.7. The second-order valence-corrected chi connectivity index (χ2v) is 7.76. The average Bonchev–Trinajstić information content (AvgIpc) is 3.11. The highest BCUT2D eigenvalue weighted by molar-refractivity contribution is 5.81. The van der Waals surface area contributed by atoms with Crippen LogP contribution in [0.25, 0.3) is 11.1 Å². The van der Waals surface area contributed by atoms with Crippen LogP contribution in [0.15, 0.2) is 72.8 Å². The zero-order chi connectivity index (χ0) is 24.3. The second-order valence-electron chi connectivity index (χ2n) is 7.76. The Labute approximate surface area is 192 Å². The van der Waals surface area contributed by atoms with Crippen molar-refractivity contribution in [1.82, 2.24) is 5.32 Å². The van der Waals surface area contributed by atoms with Gasteiger partial charge in [-0.15, -0.1) is 13.2 Å². The van der Waals surface area contributed by atoms with Crippen LogP contribution in [0.2, 0.25) is 0 Å². The van der Waals surface area contributed by atoms with Gasteiger partial charge in [0.25, 0.3) is 0 Å². The molecule has 3 aromatic rings. The lowest BCUT2D eigenvalue weighted by Crippen LogP contribution is -2.42. The number of carbonyl (C=O) groups is 2. The van der Waals surface area contributed by atoms with E-state index in [0.29, 0.717) is 5.56 Å². The Kier molecular flexibility index (Phi) is 6.45. The quantitative estimate of drug-likeness (QED) is 0.500. The van der Waals surface area contributed by atoms with Gasteiger partial charge in [-0.05, 0) is 39.9 Å². The second kappa shape index (κ2) is 9.46. The predicted molar refractivity (Wildman–Crippen MR) is 116 cm³/mol. The number of aliphatic carboxylic acids is 1. The fourth-order valence-electron chi connectivity index (χ4n) is 4.05. The summed E-state index contributed by atoms with van der Waals surface area (Å²) in [6, 6.07) is 19.0. The molecule has 0 fully saturated rings. The van der Waals surface area contributed by atoms with Crippen molar-refractivity contribution < 1.29 is 37.3 Å². The zero-order valence-electron chi connectivity index (χ0n) is 17.7. The minimum absolute atomic E-state index is 0.0235. The van der Waals surface area contributed by atoms with Crippen LogP contribution in [0.3, 0.4) is 0 Å². The van der Waals surface area contributed by atoms with Gasteiger partial charge in [-0.2, -0.15) is 0 Å². The van der Waals surface area contributed by atoms with Crippen molar-refractivity contribution in [3.63, 3.8) is 0 Å². The number of ether oxygens (including phenoxy) is 2. The van der Waals surface area contributed by atoms with Gasteiger partial charge in [-0.1, -0.05) is 60.7 Å². The molecule has 0 spiro atoms. The number of hydrogen-bond acceptors (Lipinski definition) is 4. The molecule has 1 atom stereocenters. The molecule has 0 bridgehead atoms. The third-order valence-electron chi connectivity index (χ3n) is 5.53. The topological polar surface area (TPSA) is 84.9 Å². The predicted octanol–water partition coefficient (Wildman–Crippen LogP) is 5.12. The maximum atomic E-state index is 12.4. The maximum Gasteiger partial charge on any atom is 0.573 e. The standard InChI is InChI=1S/C25H20F3NO5/c26-25(27,28)34-16-11-9-15(10-12-16)13-22(23(30)31)29-24(32)33-14-21-19-7-3-1-5-17(19)18-6-2-4-8-20(18)21/h1-12,21-22H,13-14H2,(H,29,32)(H,30,31)/t22-/m0/s1. The monoisotopic (exact) mass is 471 g/mol. The number of carboxylic acid groups (broad SMARTS) is 1. The highest BCUT2D eigenvalue weighted by Gasteiger charge is 2.31. The van der Waals surface area contributed by atoms with Crippen LogP contribution in [0.5, 0.6) is 5.75 Å². The van der Waals surface area contributed by atoms with Gasteiger partial charge in [0.1, 0.15) is 18.4 Å². The summed E-state index contributed by atoms with van der Waals surface area (Å²) >= 11 is 0. The fourth-order valence-corrected chi connectivity index (χ4v) is 4.05. The Balaban J connectivity index is 1.38. The van der Waals surface area contributed by atoms with E-state index >= 15 is 0 Å². The lowest BCUT2D eigenvalue weighted by molar-refractivity contribution is -0.274. The molecule has 0 aliphatic heterocycles. The molecule has 6 nitrogen and oxygen atoms in total. The summed E-state index contributed by atoms with van der Waals surface area (Å²) in [5.74, 6) is -1.90. The van der Waals surface area contributed by atoms with Crippen molar-refractivity contribution in [2.75, 3.05) is 6.61 Å². The number of rotatable bonds is 7. The first-order valence-corrected chi connectivity index (χ1v) is 10.4. The first kappa shape index (κ1) is 23.2. The van der Waals surface area contributed by atoms with E-state index in [1.807, 2.05) is 48.5 Å². The lowest BCUT2D eigenvalue weighted by atomic mass is 9.98. The van der Waals surface area contributed by atoms with Gasteiger partial charge in [0.05, 0.1) is 0 Å². The minimum Gasteiger partial charge on any atom is -0.480 e. The number of alkyl carbamates (subject to hydrolysis) is 1. The Bertz CT molecular complexity index is 1150. The normalized spacial score (nSPS) is 13.5. The van der Waals surface area contributed by atoms with Gasteiger partial charge >= 0.3 is 18.4 Å². The van der Waals surface area contributed by atoms with Crippen LogP contribution >= 0.6 is 0 Å². The van der Waals surface area contributed by atoms with Crippen LogP contribution in [-0.4, -0.2) is 36.2 Å². The van der Waals surface area contributed by atoms with Crippen molar-refractivity contribution in [2.45, 2.75) is 24.7 Å². The molecule has 1 amide bonds. The molecule has 2 N–H and O–H groups in total. The van der Waals surface area contributed by atoms with E-state index in [-0.39, 0.29) is 18.9 Å². The van der Waals surface area contributed by atoms with Gasteiger partial charge in [0.2, 0.25) is 0 Å². The summed E-state index contributed by atoms with van der Waals surface area (Å²) in [4.78, 5) is 24.0. The molecule has 0 aromatic heterocycles. The molecule has 1 aliphatic rings.